The van der Waals surface area contributed by atoms with Gasteiger partial charge in [0.2, 0.25) is 0 Å². The zero-order chi connectivity index (χ0) is 8.43. The van der Waals surface area contributed by atoms with Crippen molar-refractivity contribution >= 4 is 6.09 Å². The fraction of sp³-hybridized carbons (Fsp3) is 0.857. The van der Waals surface area contributed by atoms with Gasteiger partial charge in [0.15, 0.2) is 0 Å². The summed E-state index contributed by atoms with van der Waals surface area (Å²) in [5.74, 6) is 0.215. The van der Waals surface area contributed by atoms with E-state index < -0.39 is 6.09 Å². The Hall–Kier alpha value is -0.770. The van der Waals surface area contributed by atoms with E-state index in [-0.39, 0.29) is 18.1 Å². The highest BCUT2D eigenvalue weighted by molar-refractivity contribution is 5.64. The molecule has 0 radical (unpaired) electrons. The minimum atomic E-state index is -1.00. The Morgan fingerprint density at radius 1 is 1.55 bits per heavy atom. The molecule has 3 atom stereocenters. The molecule has 0 heterocycles. The van der Waals surface area contributed by atoms with Crippen molar-refractivity contribution < 1.29 is 15.0 Å². The Labute approximate surface area is 65.2 Å². The number of hydrogen-bond donors (Lipinski definition) is 3. The highest BCUT2D eigenvalue weighted by Crippen LogP contribution is 2.25. The predicted octanol–water partition coefficient (Wildman–Crippen LogP) is 0.413. The van der Waals surface area contributed by atoms with Crippen LogP contribution < -0.4 is 5.32 Å². The van der Waals surface area contributed by atoms with Crippen LogP contribution in [-0.2, 0) is 0 Å². The summed E-state index contributed by atoms with van der Waals surface area (Å²) in [6, 6.07) is -0.0579. The SMILES string of the molecule is C[C@@H]1CC(NC(=O)O)C[C@H]1O. The Morgan fingerprint density at radius 3 is 2.55 bits per heavy atom. The molecule has 4 nitrogen and oxygen atoms in total. The topological polar surface area (TPSA) is 69.6 Å². The average Bonchev–Trinajstić information content (AvgIpc) is 2.10. The molecule has 1 saturated carbocycles. The average molecular weight is 159 g/mol. The molecule has 1 amide bonds. The second-order valence-corrected chi connectivity index (χ2v) is 3.16. The molecule has 1 aliphatic carbocycles. The van der Waals surface area contributed by atoms with Gasteiger partial charge >= 0.3 is 6.09 Å². The number of nitrogens with one attached hydrogen (secondary N) is 1. The van der Waals surface area contributed by atoms with Crippen LogP contribution in [0.2, 0.25) is 0 Å². The Morgan fingerprint density at radius 2 is 2.18 bits per heavy atom. The van der Waals surface area contributed by atoms with Crippen molar-refractivity contribution in [3.05, 3.63) is 0 Å². The first-order chi connectivity index (χ1) is 5.09. The predicted molar refractivity (Wildman–Crippen MR) is 39.4 cm³/mol. The number of aliphatic hydroxyl groups excluding tert-OH is 1. The van der Waals surface area contributed by atoms with Crippen LogP contribution >= 0.6 is 0 Å². The van der Waals surface area contributed by atoms with E-state index in [9.17, 15) is 9.90 Å². The molecular weight excluding hydrogens is 146 g/mol. The number of amides is 1. The van der Waals surface area contributed by atoms with E-state index >= 15 is 0 Å². The van der Waals surface area contributed by atoms with Crippen LogP contribution in [0.3, 0.4) is 0 Å². The second kappa shape index (κ2) is 3.09. The van der Waals surface area contributed by atoms with Gasteiger partial charge in [-0.05, 0) is 18.8 Å². The van der Waals surface area contributed by atoms with Crippen LogP contribution in [0.25, 0.3) is 0 Å². The van der Waals surface area contributed by atoms with E-state index in [1.54, 1.807) is 0 Å². The van der Waals surface area contributed by atoms with Gasteiger partial charge in [-0.25, -0.2) is 4.79 Å². The smallest absolute Gasteiger partial charge is 0.404 e. The molecule has 0 saturated heterocycles. The van der Waals surface area contributed by atoms with Crippen LogP contribution in [0.15, 0.2) is 0 Å². The zero-order valence-corrected chi connectivity index (χ0v) is 6.45. The summed E-state index contributed by atoms with van der Waals surface area (Å²) < 4.78 is 0. The van der Waals surface area contributed by atoms with Gasteiger partial charge in [-0.3, -0.25) is 0 Å². The second-order valence-electron chi connectivity index (χ2n) is 3.16. The first-order valence-electron chi connectivity index (χ1n) is 3.77. The van der Waals surface area contributed by atoms with E-state index in [0.29, 0.717) is 6.42 Å². The van der Waals surface area contributed by atoms with Crippen LogP contribution in [0.4, 0.5) is 4.79 Å². The monoisotopic (exact) mass is 159 g/mol. The van der Waals surface area contributed by atoms with E-state index in [0.717, 1.165) is 6.42 Å². The molecule has 4 heteroatoms. The van der Waals surface area contributed by atoms with E-state index in [1.807, 2.05) is 6.92 Å². The molecule has 0 aromatic rings. The number of carboxylic acid groups (broad SMARTS) is 1. The van der Waals surface area contributed by atoms with Gasteiger partial charge in [0.1, 0.15) is 0 Å². The number of carbonyl (C=O) groups is 1. The van der Waals surface area contributed by atoms with Gasteiger partial charge in [0.25, 0.3) is 0 Å². The molecule has 0 aromatic carbocycles. The minimum Gasteiger partial charge on any atom is -0.465 e. The minimum absolute atomic E-state index is 0.0579. The fourth-order valence-corrected chi connectivity index (χ4v) is 1.52. The van der Waals surface area contributed by atoms with Crippen molar-refractivity contribution in [1.29, 1.82) is 0 Å². The molecular formula is C7H13NO3. The first kappa shape index (κ1) is 8.33. The van der Waals surface area contributed by atoms with Gasteiger partial charge < -0.3 is 15.5 Å². The molecule has 64 valence electrons. The highest BCUT2D eigenvalue weighted by atomic mass is 16.4. The zero-order valence-electron chi connectivity index (χ0n) is 6.45. The maximum absolute atomic E-state index is 10.2. The van der Waals surface area contributed by atoms with Crippen molar-refractivity contribution in [2.24, 2.45) is 5.92 Å². The standard InChI is InChI=1S/C7H13NO3/c1-4-2-5(3-6(4)9)8-7(10)11/h4-6,8-9H,2-3H2,1H3,(H,10,11)/t4-,5?,6-/m1/s1. The van der Waals surface area contributed by atoms with Crippen LogP contribution in [0, 0.1) is 5.92 Å². The Balaban J connectivity index is 2.35. The van der Waals surface area contributed by atoms with Crippen LogP contribution in [0.1, 0.15) is 19.8 Å². The maximum Gasteiger partial charge on any atom is 0.404 e. The summed E-state index contributed by atoms with van der Waals surface area (Å²) >= 11 is 0. The highest BCUT2D eigenvalue weighted by Gasteiger charge is 2.30. The van der Waals surface area contributed by atoms with Crippen LogP contribution in [-0.4, -0.2) is 28.5 Å². The Kier molecular flexibility index (Phi) is 2.34. The van der Waals surface area contributed by atoms with Crippen molar-refractivity contribution in [2.45, 2.75) is 31.9 Å². The molecule has 1 rings (SSSR count). The van der Waals surface area contributed by atoms with Crippen molar-refractivity contribution in [3.8, 4) is 0 Å². The van der Waals surface area contributed by atoms with E-state index in [4.69, 9.17) is 5.11 Å². The largest absolute Gasteiger partial charge is 0.465 e. The summed E-state index contributed by atoms with van der Waals surface area (Å²) in [6.07, 6.45) is -0.0517. The van der Waals surface area contributed by atoms with Gasteiger partial charge in [-0.15, -0.1) is 0 Å². The van der Waals surface area contributed by atoms with Crippen LogP contribution in [0.5, 0.6) is 0 Å². The van der Waals surface area contributed by atoms with Gasteiger partial charge in [-0.1, -0.05) is 6.92 Å². The third-order valence-electron chi connectivity index (χ3n) is 2.17. The van der Waals surface area contributed by atoms with E-state index in [1.165, 1.54) is 0 Å². The molecule has 0 bridgehead atoms. The normalized spacial score (nSPS) is 37.1. The van der Waals surface area contributed by atoms with E-state index in [2.05, 4.69) is 5.32 Å². The summed E-state index contributed by atoms with van der Waals surface area (Å²) in [5.41, 5.74) is 0. The Bertz CT molecular complexity index is 150. The lowest BCUT2D eigenvalue weighted by Crippen LogP contribution is -2.31. The van der Waals surface area contributed by atoms with Crippen molar-refractivity contribution in [2.75, 3.05) is 0 Å². The van der Waals surface area contributed by atoms with Gasteiger partial charge in [-0.2, -0.15) is 0 Å². The first-order valence-corrected chi connectivity index (χ1v) is 3.77. The van der Waals surface area contributed by atoms with Gasteiger partial charge in [0.05, 0.1) is 6.10 Å². The molecule has 11 heavy (non-hydrogen) atoms. The maximum atomic E-state index is 10.2. The molecule has 1 unspecified atom stereocenters. The van der Waals surface area contributed by atoms with Crippen molar-refractivity contribution in [3.63, 3.8) is 0 Å². The quantitative estimate of drug-likeness (QED) is 0.519. The molecule has 1 fully saturated rings. The summed E-state index contributed by atoms with van der Waals surface area (Å²) in [7, 11) is 0. The third-order valence-corrected chi connectivity index (χ3v) is 2.17. The molecule has 0 spiro atoms. The fourth-order valence-electron chi connectivity index (χ4n) is 1.52. The summed E-state index contributed by atoms with van der Waals surface area (Å²) in [5, 5.41) is 20.0. The molecule has 0 aromatic heterocycles. The number of hydrogen-bond acceptors (Lipinski definition) is 2. The lowest BCUT2D eigenvalue weighted by atomic mass is 10.1. The molecule has 1 aliphatic rings. The van der Waals surface area contributed by atoms with Crippen molar-refractivity contribution in [1.82, 2.24) is 5.32 Å². The molecule has 3 N–H and O–H groups in total. The summed E-state index contributed by atoms with van der Waals surface area (Å²) in [6.45, 7) is 1.92. The lowest BCUT2D eigenvalue weighted by Gasteiger charge is -2.07. The number of rotatable bonds is 1. The third kappa shape index (κ3) is 2.08. The van der Waals surface area contributed by atoms with Gasteiger partial charge in [0, 0.05) is 6.04 Å². The number of aliphatic hydroxyl groups is 1. The lowest BCUT2D eigenvalue weighted by molar-refractivity contribution is 0.140. The summed E-state index contributed by atoms with van der Waals surface area (Å²) in [4.78, 5) is 10.2. The molecule has 0 aliphatic heterocycles.